The van der Waals surface area contributed by atoms with Crippen LogP contribution in [-0.4, -0.2) is 24.9 Å². The number of hydrogen-bond donors (Lipinski definition) is 2. The molecular formula is C25H26N6O. The largest absolute Gasteiger partial charge is 0.305 e. The van der Waals surface area contributed by atoms with Gasteiger partial charge >= 0.3 is 0 Å². The number of nitrogens with zero attached hydrogens (tertiary/aromatic N) is 4. The number of H-pyrrole nitrogens is 1. The van der Waals surface area contributed by atoms with E-state index in [1.165, 1.54) is 0 Å². The van der Waals surface area contributed by atoms with Crippen molar-refractivity contribution in [3.8, 4) is 11.5 Å². The molecule has 0 aliphatic heterocycles. The Morgan fingerprint density at radius 3 is 2.41 bits per heavy atom. The highest BCUT2D eigenvalue weighted by Gasteiger charge is 2.15. The molecule has 0 amide bonds. The predicted molar refractivity (Wildman–Crippen MR) is 124 cm³/mol. The Hall–Kier alpha value is -3.71. The molecule has 0 aliphatic carbocycles. The zero-order valence-electron chi connectivity index (χ0n) is 18.2. The van der Waals surface area contributed by atoms with Crippen LogP contribution in [0.1, 0.15) is 48.5 Å². The Bertz CT molecular complexity index is 1190. The summed E-state index contributed by atoms with van der Waals surface area (Å²) in [6.45, 7) is 4.76. The summed E-state index contributed by atoms with van der Waals surface area (Å²) in [6.07, 6.45) is 5.96. The van der Waals surface area contributed by atoms with Gasteiger partial charge in [0.15, 0.2) is 5.82 Å². The van der Waals surface area contributed by atoms with Crippen molar-refractivity contribution >= 4 is 0 Å². The molecule has 7 nitrogen and oxygen atoms in total. The molecule has 32 heavy (non-hydrogen) atoms. The number of nitrogens with one attached hydrogen (secondary N) is 2. The highest BCUT2D eigenvalue weighted by Crippen LogP contribution is 2.19. The second-order valence-corrected chi connectivity index (χ2v) is 7.95. The Morgan fingerprint density at radius 1 is 0.969 bits per heavy atom. The molecule has 0 bridgehead atoms. The van der Waals surface area contributed by atoms with Gasteiger partial charge < -0.3 is 10.3 Å². The van der Waals surface area contributed by atoms with E-state index < -0.39 is 0 Å². The van der Waals surface area contributed by atoms with Gasteiger partial charge in [-0.1, -0.05) is 50.2 Å². The zero-order chi connectivity index (χ0) is 22.3. The predicted octanol–water partition coefficient (Wildman–Crippen LogP) is 3.82. The molecule has 3 heterocycles. The third kappa shape index (κ3) is 5.50. The first-order valence-corrected chi connectivity index (χ1v) is 10.7. The molecule has 2 N–H and O–H groups in total. The molecule has 0 saturated heterocycles. The lowest BCUT2D eigenvalue weighted by molar-refractivity contribution is 0.523. The van der Waals surface area contributed by atoms with E-state index in [0.29, 0.717) is 36.1 Å². The number of aromatic nitrogens is 5. The molecule has 1 atom stereocenters. The summed E-state index contributed by atoms with van der Waals surface area (Å²) in [5.74, 6) is 1.60. The molecule has 4 rings (SSSR count). The fraction of sp³-hybridized carbons (Fsp3) is 0.240. The average Bonchev–Trinajstić information content (AvgIpc) is 2.83. The smallest absolute Gasteiger partial charge is 0.251 e. The van der Waals surface area contributed by atoms with Crippen molar-refractivity contribution in [1.29, 1.82) is 0 Å². The molecule has 0 saturated carbocycles. The van der Waals surface area contributed by atoms with Crippen molar-refractivity contribution in [2.24, 2.45) is 0 Å². The van der Waals surface area contributed by atoms with Crippen LogP contribution in [0.5, 0.6) is 0 Å². The van der Waals surface area contributed by atoms with Gasteiger partial charge in [-0.3, -0.25) is 9.78 Å². The topological polar surface area (TPSA) is 96.5 Å². The van der Waals surface area contributed by atoms with Crippen molar-refractivity contribution < 1.29 is 0 Å². The highest BCUT2D eigenvalue weighted by atomic mass is 16.1. The number of hydrogen-bond acceptors (Lipinski definition) is 6. The summed E-state index contributed by atoms with van der Waals surface area (Å²) >= 11 is 0. The number of rotatable bonds is 8. The molecular weight excluding hydrogens is 400 g/mol. The SMILES string of the molecule is CC(C)c1ncc(CN[C@@H](Cc2cc(=O)[nH]c(-c3ccccn3)n2)c2ccccc2)cn1. The van der Waals surface area contributed by atoms with Crippen molar-refractivity contribution in [2.75, 3.05) is 0 Å². The van der Waals surface area contributed by atoms with E-state index in [4.69, 9.17) is 0 Å². The normalized spacial score (nSPS) is 12.1. The standard InChI is InChI=1S/C25H26N6O/c1-17(2)24-28-15-18(16-29-24)14-27-22(19-8-4-3-5-9-19)12-20-13-23(32)31-25(30-20)21-10-6-7-11-26-21/h3-11,13,15-17,22,27H,12,14H2,1-2H3,(H,30,31,32)/t22-/m0/s1. The van der Waals surface area contributed by atoms with Crippen molar-refractivity contribution in [1.82, 2.24) is 30.2 Å². The minimum absolute atomic E-state index is 0.0353. The molecule has 7 heteroatoms. The number of benzene rings is 1. The first kappa shape index (κ1) is 21.5. The van der Waals surface area contributed by atoms with E-state index in [2.05, 4.69) is 56.2 Å². The first-order valence-electron chi connectivity index (χ1n) is 10.7. The van der Waals surface area contributed by atoms with Gasteiger partial charge in [-0.2, -0.15) is 0 Å². The Kier molecular flexibility index (Phi) is 6.77. The summed E-state index contributed by atoms with van der Waals surface area (Å²) in [4.78, 5) is 33.0. The van der Waals surface area contributed by atoms with Crippen molar-refractivity contribution in [3.63, 3.8) is 0 Å². The Balaban J connectivity index is 1.56. The molecule has 3 aromatic heterocycles. The van der Waals surface area contributed by atoms with Crippen LogP contribution in [0.15, 0.2) is 78.0 Å². The average molecular weight is 427 g/mol. The third-order valence-corrected chi connectivity index (χ3v) is 5.11. The number of aromatic amines is 1. The van der Waals surface area contributed by atoms with Crippen LogP contribution in [-0.2, 0) is 13.0 Å². The third-order valence-electron chi connectivity index (χ3n) is 5.11. The quantitative estimate of drug-likeness (QED) is 0.445. The van der Waals surface area contributed by atoms with Crippen LogP contribution < -0.4 is 10.9 Å². The van der Waals surface area contributed by atoms with Gasteiger partial charge in [-0.15, -0.1) is 0 Å². The first-order chi connectivity index (χ1) is 15.6. The van der Waals surface area contributed by atoms with Gasteiger partial charge in [-0.25, -0.2) is 15.0 Å². The molecule has 0 unspecified atom stereocenters. The lowest BCUT2D eigenvalue weighted by atomic mass is 10.0. The minimum Gasteiger partial charge on any atom is -0.305 e. The van der Waals surface area contributed by atoms with Crippen LogP contribution in [0, 0.1) is 0 Å². The van der Waals surface area contributed by atoms with E-state index in [1.54, 1.807) is 12.3 Å². The maximum absolute atomic E-state index is 12.3. The maximum atomic E-state index is 12.3. The molecule has 4 aromatic rings. The fourth-order valence-corrected chi connectivity index (χ4v) is 3.43. The fourth-order valence-electron chi connectivity index (χ4n) is 3.43. The summed E-state index contributed by atoms with van der Waals surface area (Å²) in [5.41, 5.74) is 3.26. The second kappa shape index (κ2) is 10.1. The lowest BCUT2D eigenvalue weighted by Crippen LogP contribution is -2.24. The van der Waals surface area contributed by atoms with Gasteiger partial charge in [0.05, 0.1) is 5.69 Å². The summed E-state index contributed by atoms with van der Waals surface area (Å²) in [6, 6.07) is 17.2. The van der Waals surface area contributed by atoms with E-state index in [9.17, 15) is 4.79 Å². The Labute approximate surface area is 187 Å². The van der Waals surface area contributed by atoms with Gasteiger partial charge in [0.25, 0.3) is 5.56 Å². The molecule has 0 fully saturated rings. The highest BCUT2D eigenvalue weighted by molar-refractivity contribution is 5.48. The van der Waals surface area contributed by atoms with Crippen molar-refractivity contribution in [3.05, 3.63) is 106 Å². The van der Waals surface area contributed by atoms with Crippen LogP contribution in [0.4, 0.5) is 0 Å². The number of pyridine rings is 1. The van der Waals surface area contributed by atoms with Crippen LogP contribution >= 0.6 is 0 Å². The summed E-state index contributed by atoms with van der Waals surface area (Å²) < 4.78 is 0. The monoisotopic (exact) mass is 426 g/mol. The minimum atomic E-state index is -0.194. The maximum Gasteiger partial charge on any atom is 0.251 e. The van der Waals surface area contributed by atoms with Gasteiger partial charge in [0.1, 0.15) is 11.5 Å². The molecule has 0 radical (unpaired) electrons. The van der Waals surface area contributed by atoms with Crippen molar-refractivity contribution in [2.45, 2.75) is 38.8 Å². The Morgan fingerprint density at radius 2 is 1.72 bits per heavy atom. The second-order valence-electron chi connectivity index (χ2n) is 7.95. The van der Waals surface area contributed by atoms with Gasteiger partial charge in [-0.05, 0) is 17.7 Å². The van der Waals surface area contributed by atoms with Gasteiger partial charge in [0.2, 0.25) is 0 Å². The molecule has 0 aliphatic rings. The van der Waals surface area contributed by atoms with E-state index >= 15 is 0 Å². The molecule has 1 aromatic carbocycles. The van der Waals surface area contributed by atoms with Crippen LogP contribution in [0.3, 0.4) is 0 Å². The molecule has 162 valence electrons. The summed E-state index contributed by atoms with van der Waals surface area (Å²) in [7, 11) is 0. The lowest BCUT2D eigenvalue weighted by Gasteiger charge is -2.19. The van der Waals surface area contributed by atoms with E-state index in [1.807, 2.05) is 48.8 Å². The van der Waals surface area contributed by atoms with E-state index in [-0.39, 0.29) is 11.6 Å². The summed E-state index contributed by atoms with van der Waals surface area (Å²) in [5, 5.41) is 3.58. The van der Waals surface area contributed by atoms with Crippen LogP contribution in [0.25, 0.3) is 11.5 Å². The van der Waals surface area contributed by atoms with E-state index in [0.717, 1.165) is 17.0 Å². The van der Waals surface area contributed by atoms with Gasteiger partial charge in [0, 0.05) is 55.1 Å². The zero-order valence-corrected chi connectivity index (χ0v) is 18.2. The molecule has 0 spiro atoms. The van der Waals surface area contributed by atoms with Crippen LogP contribution in [0.2, 0.25) is 0 Å².